The summed E-state index contributed by atoms with van der Waals surface area (Å²) in [5.74, 6) is -2.80. The van der Waals surface area contributed by atoms with Gasteiger partial charge in [-0.3, -0.25) is 9.59 Å². The summed E-state index contributed by atoms with van der Waals surface area (Å²) in [5, 5.41) is 4.38. The molecule has 1 aromatic heterocycles. The molecule has 26 heavy (non-hydrogen) atoms. The number of hydrogen-bond donors (Lipinski definition) is 0. The third kappa shape index (κ3) is 2.53. The lowest BCUT2D eigenvalue weighted by molar-refractivity contribution is -0.0584. The summed E-state index contributed by atoms with van der Waals surface area (Å²) in [4.78, 5) is 41.6. The first-order valence-corrected chi connectivity index (χ1v) is 7.55. The van der Waals surface area contributed by atoms with Crippen LogP contribution in [-0.4, -0.2) is 32.6 Å². The molecular formula is C18H10FN3O4. The minimum absolute atomic E-state index is 0.00539. The van der Waals surface area contributed by atoms with Gasteiger partial charge in [0.05, 0.1) is 23.0 Å². The molecule has 4 rings (SSSR count). The van der Waals surface area contributed by atoms with E-state index in [9.17, 15) is 18.8 Å². The molecule has 2 heterocycles. The van der Waals surface area contributed by atoms with E-state index in [1.807, 2.05) is 0 Å². The second kappa shape index (κ2) is 5.92. The Morgan fingerprint density at radius 1 is 1.00 bits per heavy atom. The van der Waals surface area contributed by atoms with Gasteiger partial charge in [0.25, 0.3) is 11.8 Å². The molecule has 0 unspecified atom stereocenters. The van der Waals surface area contributed by atoms with Gasteiger partial charge in [-0.15, -0.1) is 0 Å². The summed E-state index contributed by atoms with van der Waals surface area (Å²) in [6, 6.07) is 11.8. The summed E-state index contributed by atoms with van der Waals surface area (Å²) >= 11 is 0. The number of imide groups is 1. The second-order valence-electron chi connectivity index (χ2n) is 5.48. The molecule has 128 valence electrons. The van der Waals surface area contributed by atoms with Crippen molar-refractivity contribution in [1.29, 1.82) is 0 Å². The molecule has 2 aromatic carbocycles. The molecular weight excluding hydrogens is 341 g/mol. The molecule has 0 fully saturated rings. The number of aromatic nitrogens is 2. The zero-order valence-electron chi connectivity index (χ0n) is 13.1. The van der Waals surface area contributed by atoms with E-state index in [1.165, 1.54) is 47.4 Å². The van der Waals surface area contributed by atoms with E-state index in [4.69, 9.17) is 4.84 Å². The topological polar surface area (TPSA) is 81.5 Å². The van der Waals surface area contributed by atoms with Crippen molar-refractivity contribution < 1.29 is 23.6 Å². The molecule has 0 N–H and O–H groups in total. The smallest absolute Gasteiger partial charge is 0.324 e. The molecule has 0 saturated carbocycles. The Labute approximate surface area is 146 Å². The van der Waals surface area contributed by atoms with Crippen LogP contribution in [0.1, 0.15) is 31.1 Å². The van der Waals surface area contributed by atoms with Crippen LogP contribution in [0.25, 0.3) is 5.69 Å². The average molecular weight is 351 g/mol. The highest BCUT2D eigenvalue weighted by molar-refractivity contribution is 6.21. The molecule has 0 aliphatic carbocycles. The molecule has 0 atom stereocenters. The number of carbonyl (C=O) groups excluding carboxylic acids is 3. The fourth-order valence-corrected chi connectivity index (χ4v) is 2.57. The van der Waals surface area contributed by atoms with Gasteiger partial charge in [0.1, 0.15) is 11.4 Å². The van der Waals surface area contributed by atoms with E-state index in [1.54, 1.807) is 18.2 Å². The third-order valence-electron chi connectivity index (χ3n) is 3.82. The van der Waals surface area contributed by atoms with Crippen molar-refractivity contribution in [2.75, 3.05) is 0 Å². The Morgan fingerprint density at radius 3 is 2.35 bits per heavy atom. The van der Waals surface area contributed by atoms with E-state index in [2.05, 4.69) is 5.10 Å². The Hall–Kier alpha value is -3.81. The summed E-state index contributed by atoms with van der Waals surface area (Å²) < 4.78 is 14.6. The summed E-state index contributed by atoms with van der Waals surface area (Å²) in [6.45, 7) is 0. The fraction of sp³-hybridized carbons (Fsp3) is 0. The van der Waals surface area contributed by atoms with Gasteiger partial charge < -0.3 is 4.84 Å². The van der Waals surface area contributed by atoms with Crippen molar-refractivity contribution in [3.8, 4) is 5.69 Å². The van der Waals surface area contributed by atoms with Crippen molar-refractivity contribution in [1.82, 2.24) is 14.8 Å². The molecule has 0 spiro atoms. The molecule has 7 nitrogen and oxygen atoms in total. The van der Waals surface area contributed by atoms with Crippen molar-refractivity contribution in [3.63, 3.8) is 0 Å². The van der Waals surface area contributed by atoms with Crippen LogP contribution in [0, 0.1) is 5.82 Å². The monoisotopic (exact) mass is 351 g/mol. The maximum absolute atomic E-state index is 13.3. The van der Waals surface area contributed by atoms with Gasteiger partial charge in [-0.2, -0.15) is 5.10 Å². The summed E-state index contributed by atoms with van der Waals surface area (Å²) in [6.07, 6.45) is 2.51. The number of nitrogens with zero attached hydrogens (tertiary/aromatic N) is 3. The van der Waals surface area contributed by atoms with Gasteiger partial charge in [-0.25, -0.2) is 13.9 Å². The first-order valence-electron chi connectivity index (χ1n) is 7.55. The number of benzene rings is 2. The summed E-state index contributed by atoms with van der Waals surface area (Å²) in [5.41, 5.74) is 0.747. The Balaban J connectivity index is 1.55. The first-order chi connectivity index (χ1) is 12.5. The number of carbonyl (C=O) groups is 3. The lowest BCUT2D eigenvalue weighted by Gasteiger charge is -2.11. The predicted molar refractivity (Wildman–Crippen MR) is 85.9 cm³/mol. The number of amides is 2. The molecule has 0 bridgehead atoms. The van der Waals surface area contributed by atoms with E-state index in [0.29, 0.717) is 10.8 Å². The van der Waals surface area contributed by atoms with E-state index < -0.39 is 23.6 Å². The van der Waals surface area contributed by atoms with Crippen LogP contribution in [-0.2, 0) is 4.84 Å². The van der Waals surface area contributed by atoms with E-state index >= 15 is 0 Å². The van der Waals surface area contributed by atoms with Crippen LogP contribution in [0.5, 0.6) is 0 Å². The van der Waals surface area contributed by atoms with Gasteiger partial charge in [0.15, 0.2) is 0 Å². The SMILES string of the molecule is O=C(ON1C(=O)c2ccccc2C1=O)c1cnn(-c2cccc(F)c2)c1. The van der Waals surface area contributed by atoms with Gasteiger partial charge in [-0.1, -0.05) is 23.3 Å². The van der Waals surface area contributed by atoms with Crippen LogP contribution in [0.15, 0.2) is 60.9 Å². The zero-order chi connectivity index (χ0) is 18.3. The number of fused-ring (bicyclic) bond motifs is 1. The van der Waals surface area contributed by atoms with Crippen LogP contribution in [0.4, 0.5) is 4.39 Å². The van der Waals surface area contributed by atoms with Crippen LogP contribution >= 0.6 is 0 Å². The van der Waals surface area contributed by atoms with Gasteiger partial charge in [0, 0.05) is 6.20 Å². The number of hydrogen-bond acceptors (Lipinski definition) is 5. The molecule has 1 aliphatic heterocycles. The van der Waals surface area contributed by atoms with Crippen LogP contribution in [0.3, 0.4) is 0 Å². The fourth-order valence-electron chi connectivity index (χ4n) is 2.57. The molecule has 0 saturated heterocycles. The van der Waals surface area contributed by atoms with E-state index in [0.717, 1.165) is 0 Å². The summed E-state index contributed by atoms with van der Waals surface area (Å²) in [7, 11) is 0. The largest absolute Gasteiger partial charge is 0.367 e. The third-order valence-corrected chi connectivity index (χ3v) is 3.82. The molecule has 0 radical (unpaired) electrons. The lowest BCUT2D eigenvalue weighted by atomic mass is 10.1. The van der Waals surface area contributed by atoms with E-state index in [-0.39, 0.29) is 16.7 Å². The normalized spacial score (nSPS) is 13.0. The number of rotatable bonds is 3. The van der Waals surface area contributed by atoms with Crippen molar-refractivity contribution in [2.45, 2.75) is 0 Å². The number of hydroxylamine groups is 2. The number of halogens is 1. The minimum atomic E-state index is -0.929. The quantitative estimate of drug-likeness (QED) is 0.677. The van der Waals surface area contributed by atoms with Crippen molar-refractivity contribution in [2.24, 2.45) is 0 Å². The highest BCUT2D eigenvalue weighted by Gasteiger charge is 2.38. The Bertz CT molecular complexity index is 1020. The van der Waals surface area contributed by atoms with Crippen LogP contribution in [0.2, 0.25) is 0 Å². The zero-order valence-corrected chi connectivity index (χ0v) is 13.1. The van der Waals surface area contributed by atoms with Gasteiger partial charge in [-0.05, 0) is 30.3 Å². The highest BCUT2D eigenvalue weighted by Crippen LogP contribution is 2.23. The lowest BCUT2D eigenvalue weighted by Crippen LogP contribution is -2.32. The molecule has 1 aliphatic rings. The predicted octanol–water partition coefficient (Wildman–Crippen LogP) is 2.38. The van der Waals surface area contributed by atoms with Crippen molar-refractivity contribution in [3.05, 3.63) is 83.4 Å². The maximum atomic E-state index is 13.3. The average Bonchev–Trinajstić information content (AvgIpc) is 3.22. The highest BCUT2D eigenvalue weighted by atomic mass is 19.1. The van der Waals surface area contributed by atoms with Gasteiger partial charge >= 0.3 is 5.97 Å². The van der Waals surface area contributed by atoms with Crippen LogP contribution < -0.4 is 0 Å². The Morgan fingerprint density at radius 2 is 1.69 bits per heavy atom. The van der Waals surface area contributed by atoms with Crippen molar-refractivity contribution >= 4 is 17.8 Å². The minimum Gasteiger partial charge on any atom is -0.324 e. The molecule has 8 heteroatoms. The molecule has 2 amide bonds. The van der Waals surface area contributed by atoms with Gasteiger partial charge in [0.2, 0.25) is 0 Å². The second-order valence-corrected chi connectivity index (χ2v) is 5.48. The standard InChI is InChI=1S/C18H10FN3O4/c19-12-4-3-5-13(8-12)21-10-11(9-20-21)18(25)26-22-16(23)14-6-1-2-7-15(14)17(22)24/h1-10H. The molecule has 3 aromatic rings. The first kappa shape index (κ1) is 15.7. The Kier molecular flexibility index (Phi) is 3.58. The maximum Gasteiger partial charge on any atom is 0.367 e.